The van der Waals surface area contributed by atoms with Crippen LogP contribution < -0.4 is 10.6 Å². The van der Waals surface area contributed by atoms with Crippen molar-refractivity contribution in [2.45, 2.75) is 38.1 Å². The lowest BCUT2D eigenvalue weighted by atomic mass is 9.95. The van der Waals surface area contributed by atoms with Crippen LogP contribution in [0, 0.1) is 11.8 Å². The molecule has 0 aromatic heterocycles. The monoisotopic (exact) mass is 367 g/mol. The zero-order valence-corrected chi connectivity index (χ0v) is 15.0. The van der Waals surface area contributed by atoms with Gasteiger partial charge in [-0.1, -0.05) is 6.08 Å². The van der Waals surface area contributed by atoms with Gasteiger partial charge in [0.15, 0.2) is 0 Å². The Balaban J connectivity index is 1.84. The second kappa shape index (κ2) is 10.3. The van der Waals surface area contributed by atoms with E-state index in [1.165, 1.54) is 0 Å². The van der Waals surface area contributed by atoms with Crippen LogP contribution in [0.15, 0.2) is 12.2 Å². The Labute approximate surface area is 153 Å². The molecule has 26 heavy (non-hydrogen) atoms. The number of aliphatic hydroxyl groups excluding tert-OH is 1. The summed E-state index contributed by atoms with van der Waals surface area (Å²) in [4.78, 5) is 37.2. The summed E-state index contributed by atoms with van der Waals surface area (Å²) < 4.78 is 0. The van der Waals surface area contributed by atoms with Crippen LogP contribution in [0.25, 0.3) is 0 Å². The molecule has 146 valence electrons. The Kier molecular flexibility index (Phi) is 8.06. The first-order valence-corrected chi connectivity index (χ1v) is 9.30. The summed E-state index contributed by atoms with van der Waals surface area (Å²) in [5, 5.41) is 23.9. The molecule has 4 N–H and O–H groups in total. The van der Waals surface area contributed by atoms with Gasteiger partial charge in [0.1, 0.15) is 0 Å². The average molecular weight is 367 g/mol. The van der Waals surface area contributed by atoms with Gasteiger partial charge in [-0.3, -0.25) is 14.4 Å². The van der Waals surface area contributed by atoms with Crippen molar-refractivity contribution in [1.82, 2.24) is 15.5 Å². The lowest BCUT2D eigenvalue weighted by molar-refractivity contribution is -0.138. The summed E-state index contributed by atoms with van der Waals surface area (Å²) in [6.07, 6.45) is 6.71. The molecule has 0 saturated carbocycles. The molecule has 1 unspecified atom stereocenters. The van der Waals surface area contributed by atoms with E-state index in [4.69, 9.17) is 5.11 Å². The molecule has 8 heteroatoms. The number of rotatable bonds is 7. The minimum atomic E-state index is -1.08. The third-order valence-electron chi connectivity index (χ3n) is 4.99. The molecule has 2 aliphatic rings. The Hall–Kier alpha value is -1.93. The summed E-state index contributed by atoms with van der Waals surface area (Å²) in [5.74, 6) is -1.41. The van der Waals surface area contributed by atoms with E-state index >= 15 is 0 Å². The maximum Gasteiger partial charge on any atom is 0.305 e. The summed E-state index contributed by atoms with van der Waals surface area (Å²) >= 11 is 0. The van der Waals surface area contributed by atoms with Gasteiger partial charge in [0.2, 0.25) is 11.8 Å². The first kappa shape index (κ1) is 20.4. The second-order valence-electron chi connectivity index (χ2n) is 7.06. The third kappa shape index (κ3) is 6.42. The second-order valence-corrected chi connectivity index (χ2v) is 7.06. The molecule has 0 aromatic carbocycles. The van der Waals surface area contributed by atoms with Crippen LogP contribution in [-0.4, -0.2) is 71.7 Å². The standard InChI is InChI=1S/C18H29N3O5/c22-12-15(10-17(24)25)20-18(26)14-2-1-9-21(11-14)16(23)4-3-13-5-7-19-8-6-13/h3-4,13-15,19,22H,1-2,5-12H2,(H,20,26)(H,24,25)/b4-3+/t14-,15?/m1/s1. The molecule has 0 bridgehead atoms. The zero-order chi connectivity index (χ0) is 18.9. The van der Waals surface area contributed by atoms with E-state index < -0.39 is 18.6 Å². The fraction of sp³-hybridized carbons (Fsp3) is 0.722. The lowest BCUT2D eigenvalue weighted by Gasteiger charge is -2.32. The van der Waals surface area contributed by atoms with E-state index in [1.54, 1.807) is 11.0 Å². The van der Waals surface area contributed by atoms with Gasteiger partial charge in [0, 0.05) is 13.1 Å². The van der Waals surface area contributed by atoms with Gasteiger partial charge in [0.25, 0.3) is 0 Å². The Morgan fingerprint density at radius 1 is 1.23 bits per heavy atom. The minimum absolute atomic E-state index is 0.0784. The highest BCUT2D eigenvalue weighted by Crippen LogP contribution is 2.18. The van der Waals surface area contributed by atoms with Crippen molar-refractivity contribution in [3.05, 3.63) is 12.2 Å². The number of allylic oxidation sites excluding steroid dienone is 1. The van der Waals surface area contributed by atoms with E-state index in [0.717, 1.165) is 32.4 Å². The zero-order valence-electron chi connectivity index (χ0n) is 15.0. The average Bonchev–Trinajstić information content (AvgIpc) is 2.66. The van der Waals surface area contributed by atoms with Crippen molar-refractivity contribution in [1.29, 1.82) is 0 Å². The number of carbonyl (C=O) groups is 3. The fourth-order valence-electron chi connectivity index (χ4n) is 3.44. The molecule has 0 aliphatic carbocycles. The number of carbonyl (C=O) groups excluding carboxylic acids is 2. The molecule has 2 atom stereocenters. The topological polar surface area (TPSA) is 119 Å². The van der Waals surface area contributed by atoms with Crippen molar-refractivity contribution in [2.75, 3.05) is 32.8 Å². The molecule has 8 nitrogen and oxygen atoms in total. The molecule has 2 fully saturated rings. The highest BCUT2D eigenvalue weighted by molar-refractivity contribution is 5.88. The number of amides is 2. The van der Waals surface area contributed by atoms with Gasteiger partial charge in [-0.15, -0.1) is 0 Å². The number of likely N-dealkylation sites (tertiary alicyclic amines) is 1. The first-order valence-electron chi connectivity index (χ1n) is 9.30. The molecular weight excluding hydrogens is 338 g/mol. The quantitative estimate of drug-likeness (QED) is 0.460. The summed E-state index contributed by atoms with van der Waals surface area (Å²) in [6, 6.07) is -0.800. The summed E-state index contributed by atoms with van der Waals surface area (Å²) in [7, 11) is 0. The molecule has 2 amide bonds. The number of nitrogens with zero attached hydrogens (tertiary/aromatic N) is 1. The van der Waals surface area contributed by atoms with Gasteiger partial charge in [0.05, 0.1) is 25.0 Å². The number of hydrogen-bond acceptors (Lipinski definition) is 5. The van der Waals surface area contributed by atoms with E-state index in [1.807, 2.05) is 6.08 Å². The Bertz CT molecular complexity index is 531. The van der Waals surface area contributed by atoms with Crippen LogP contribution in [0.3, 0.4) is 0 Å². The molecular formula is C18H29N3O5. The number of aliphatic carboxylic acids is 1. The summed E-state index contributed by atoms with van der Waals surface area (Å²) in [6.45, 7) is 2.46. The normalized spacial score (nSPS) is 23.0. The van der Waals surface area contributed by atoms with Crippen molar-refractivity contribution >= 4 is 17.8 Å². The van der Waals surface area contributed by atoms with Crippen LogP contribution in [0.5, 0.6) is 0 Å². The minimum Gasteiger partial charge on any atom is -0.481 e. The predicted octanol–water partition coefficient (Wildman–Crippen LogP) is -0.267. The van der Waals surface area contributed by atoms with E-state index in [-0.39, 0.29) is 24.2 Å². The highest BCUT2D eigenvalue weighted by Gasteiger charge is 2.29. The molecule has 2 saturated heterocycles. The maximum absolute atomic E-state index is 12.4. The Morgan fingerprint density at radius 2 is 1.96 bits per heavy atom. The van der Waals surface area contributed by atoms with Crippen LogP contribution in [0.4, 0.5) is 0 Å². The van der Waals surface area contributed by atoms with Crippen LogP contribution in [-0.2, 0) is 14.4 Å². The van der Waals surface area contributed by atoms with E-state index in [9.17, 15) is 19.5 Å². The van der Waals surface area contributed by atoms with Gasteiger partial charge >= 0.3 is 5.97 Å². The molecule has 0 spiro atoms. The van der Waals surface area contributed by atoms with Crippen LogP contribution in [0.1, 0.15) is 32.1 Å². The molecule has 0 aromatic rings. The largest absolute Gasteiger partial charge is 0.481 e. The fourth-order valence-corrected chi connectivity index (χ4v) is 3.44. The van der Waals surface area contributed by atoms with Crippen molar-refractivity contribution < 1.29 is 24.6 Å². The van der Waals surface area contributed by atoms with Gasteiger partial charge in [-0.25, -0.2) is 0 Å². The highest BCUT2D eigenvalue weighted by atomic mass is 16.4. The van der Waals surface area contributed by atoms with Crippen LogP contribution in [0.2, 0.25) is 0 Å². The number of carboxylic acid groups (broad SMARTS) is 1. The number of hydrogen-bond donors (Lipinski definition) is 4. The van der Waals surface area contributed by atoms with Crippen molar-refractivity contribution in [3.8, 4) is 0 Å². The first-order chi connectivity index (χ1) is 12.5. The predicted molar refractivity (Wildman–Crippen MR) is 95.3 cm³/mol. The molecule has 0 radical (unpaired) electrons. The smallest absolute Gasteiger partial charge is 0.305 e. The number of aliphatic hydroxyl groups is 1. The Morgan fingerprint density at radius 3 is 2.62 bits per heavy atom. The number of nitrogens with one attached hydrogen (secondary N) is 2. The van der Waals surface area contributed by atoms with Crippen molar-refractivity contribution in [2.24, 2.45) is 11.8 Å². The number of piperidine rings is 2. The van der Waals surface area contributed by atoms with Gasteiger partial charge in [-0.05, 0) is 50.8 Å². The van der Waals surface area contributed by atoms with Crippen molar-refractivity contribution in [3.63, 3.8) is 0 Å². The van der Waals surface area contributed by atoms with Gasteiger partial charge < -0.3 is 25.7 Å². The molecule has 2 rings (SSSR count). The van der Waals surface area contributed by atoms with E-state index in [0.29, 0.717) is 25.4 Å². The van der Waals surface area contributed by atoms with Crippen LogP contribution >= 0.6 is 0 Å². The maximum atomic E-state index is 12.4. The third-order valence-corrected chi connectivity index (χ3v) is 4.99. The SMILES string of the molecule is O=C(O)CC(CO)NC(=O)[C@@H]1CCCN(C(=O)/C=C/C2CCNCC2)C1. The summed E-state index contributed by atoms with van der Waals surface area (Å²) in [5.41, 5.74) is 0. The molecule has 2 aliphatic heterocycles. The van der Waals surface area contributed by atoms with Gasteiger partial charge in [-0.2, -0.15) is 0 Å². The van der Waals surface area contributed by atoms with E-state index in [2.05, 4.69) is 10.6 Å². The lowest BCUT2D eigenvalue weighted by Crippen LogP contribution is -2.48. The molecule has 2 heterocycles. The number of carboxylic acids is 1.